The molecule has 0 radical (unpaired) electrons. The van der Waals surface area contributed by atoms with E-state index in [4.69, 9.17) is 16.7 Å². The monoisotopic (exact) mass is 294 g/mol. The topological polar surface area (TPSA) is 79.3 Å². The van der Waals surface area contributed by atoms with E-state index in [1.54, 1.807) is 0 Å². The molecule has 1 aromatic carbocycles. The number of hydrogen-bond acceptors (Lipinski definition) is 3. The van der Waals surface area contributed by atoms with Crippen LogP contribution >= 0.6 is 11.6 Å². The standard InChI is InChI=1S/C13H8ClFN2O3/c14-7-3-4-10(9(15)6-7)17-12(18)11-8(13(19)20)2-1-5-16-11/h1-6H,(H,17,18)(H,19,20). The van der Waals surface area contributed by atoms with Crippen molar-refractivity contribution in [2.45, 2.75) is 0 Å². The Morgan fingerprint density at radius 2 is 2.05 bits per heavy atom. The predicted molar refractivity (Wildman–Crippen MR) is 70.6 cm³/mol. The molecular formula is C13H8ClFN2O3. The second kappa shape index (κ2) is 5.66. The van der Waals surface area contributed by atoms with Gasteiger partial charge in [-0.3, -0.25) is 9.78 Å². The molecule has 0 spiro atoms. The number of rotatable bonds is 3. The number of carboxylic acid groups (broad SMARTS) is 1. The van der Waals surface area contributed by atoms with Crippen molar-refractivity contribution in [3.05, 3.63) is 58.6 Å². The number of carbonyl (C=O) groups excluding carboxylic acids is 1. The summed E-state index contributed by atoms with van der Waals surface area (Å²) < 4.78 is 13.5. The summed E-state index contributed by atoms with van der Waals surface area (Å²) in [6.07, 6.45) is 1.28. The molecule has 20 heavy (non-hydrogen) atoms. The average Bonchev–Trinajstić information content (AvgIpc) is 2.41. The quantitative estimate of drug-likeness (QED) is 0.912. The molecule has 7 heteroatoms. The Labute approximate surface area is 118 Å². The van der Waals surface area contributed by atoms with Gasteiger partial charge < -0.3 is 10.4 Å². The summed E-state index contributed by atoms with van der Waals surface area (Å²) in [4.78, 5) is 26.6. The van der Waals surface area contributed by atoms with E-state index in [-0.39, 0.29) is 22.0 Å². The lowest BCUT2D eigenvalue weighted by atomic mass is 10.2. The van der Waals surface area contributed by atoms with Crippen LogP contribution in [0, 0.1) is 5.82 Å². The smallest absolute Gasteiger partial charge is 0.338 e. The molecule has 0 saturated carbocycles. The predicted octanol–water partition coefficient (Wildman–Crippen LogP) is 2.82. The van der Waals surface area contributed by atoms with Crippen molar-refractivity contribution >= 4 is 29.2 Å². The number of carbonyl (C=O) groups is 2. The maximum absolute atomic E-state index is 13.5. The van der Waals surface area contributed by atoms with Gasteiger partial charge in [0, 0.05) is 11.2 Å². The van der Waals surface area contributed by atoms with Crippen LogP contribution in [0.25, 0.3) is 0 Å². The largest absolute Gasteiger partial charge is 0.478 e. The first-order valence-corrected chi connectivity index (χ1v) is 5.81. The van der Waals surface area contributed by atoms with Crippen molar-refractivity contribution in [3.63, 3.8) is 0 Å². The van der Waals surface area contributed by atoms with Crippen molar-refractivity contribution in [1.29, 1.82) is 0 Å². The van der Waals surface area contributed by atoms with Gasteiger partial charge in [-0.1, -0.05) is 11.6 Å². The Hall–Kier alpha value is -2.47. The normalized spacial score (nSPS) is 10.1. The molecule has 0 unspecified atom stereocenters. The molecule has 2 rings (SSSR count). The van der Waals surface area contributed by atoms with Crippen LogP contribution in [0.1, 0.15) is 20.8 Å². The van der Waals surface area contributed by atoms with Crippen LogP contribution in [-0.4, -0.2) is 22.0 Å². The molecule has 102 valence electrons. The molecule has 0 atom stereocenters. The molecule has 0 aliphatic carbocycles. The van der Waals surface area contributed by atoms with Gasteiger partial charge in [-0.05, 0) is 30.3 Å². The minimum absolute atomic E-state index is 0.110. The number of nitrogens with zero attached hydrogens (tertiary/aromatic N) is 1. The van der Waals surface area contributed by atoms with E-state index in [0.29, 0.717) is 0 Å². The highest BCUT2D eigenvalue weighted by Crippen LogP contribution is 2.19. The summed E-state index contributed by atoms with van der Waals surface area (Å²) in [5.74, 6) is -2.83. The number of pyridine rings is 1. The average molecular weight is 295 g/mol. The number of hydrogen-bond donors (Lipinski definition) is 2. The van der Waals surface area contributed by atoms with Gasteiger partial charge in [0.2, 0.25) is 0 Å². The van der Waals surface area contributed by atoms with Crippen LogP contribution in [0.3, 0.4) is 0 Å². The fraction of sp³-hybridized carbons (Fsp3) is 0. The lowest BCUT2D eigenvalue weighted by Crippen LogP contribution is -2.18. The Balaban J connectivity index is 2.31. The summed E-state index contributed by atoms with van der Waals surface area (Å²) in [6, 6.07) is 6.34. The van der Waals surface area contributed by atoms with Crippen molar-refractivity contribution in [2.24, 2.45) is 0 Å². The number of benzene rings is 1. The second-order valence-electron chi connectivity index (χ2n) is 3.78. The van der Waals surface area contributed by atoms with Crippen molar-refractivity contribution in [3.8, 4) is 0 Å². The highest BCUT2D eigenvalue weighted by atomic mass is 35.5. The molecule has 0 bridgehead atoms. The third kappa shape index (κ3) is 2.92. The molecule has 5 nitrogen and oxygen atoms in total. The first kappa shape index (κ1) is 14.0. The van der Waals surface area contributed by atoms with Crippen LogP contribution in [0.5, 0.6) is 0 Å². The van der Waals surface area contributed by atoms with Gasteiger partial charge in [-0.25, -0.2) is 9.18 Å². The fourth-order valence-corrected chi connectivity index (χ4v) is 1.69. The zero-order chi connectivity index (χ0) is 14.7. The lowest BCUT2D eigenvalue weighted by Gasteiger charge is -2.07. The number of aromatic nitrogens is 1. The van der Waals surface area contributed by atoms with Gasteiger partial charge in [0.15, 0.2) is 0 Å². The minimum atomic E-state index is -1.29. The minimum Gasteiger partial charge on any atom is -0.478 e. The van der Waals surface area contributed by atoms with Gasteiger partial charge in [-0.2, -0.15) is 0 Å². The molecule has 2 N–H and O–H groups in total. The first-order chi connectivity index (χ1) is 9.49. The Morgan fingerprint density at radius 3 is 2.70 bits per heavy atom. The highest BCUT2D eigenvalue weighted by Gasteiger charge is 2.18. The maximum atomic E-state index is 13.5. The summed E-state index contributed by atoms with van der Waals surface area (Å²) in [6.45, 7) is 0. The van der Waals surface area contributed by atoms with E-state index in [1.165, 1.54) is 30.5 Å². The number of aromatic carboxylic acids is 1. The van der Waals surface area contributed by atoms with E-state index in [1.807, 2.05) is 0 Å². The van der Waals surface area contributed by atoms with Crippen molar-refractivity contribution < 1.29 is 19.1 Å². The molecule has 1 amide bonds. The van der Waals surface area contributed by atoms with Crippen LogP contribution in [0.2, 0.25) is 5.02 Å². The van der Waals surface area contributed by atoms with Gasteiger partial charge in [0.25, 0.3) is 5.91 Å². The number of amides is 1. The zero-order valence-corrected chi connectivity index (χ0v) is 10.7. The van der Waals surface area contributed by atoms with E-state index in [9.17, 15) is 14.0 Å². The fourth-order valence-electron chi connectivity index (χ4n) is 1.53. The van der Waals surface area contributed by atoms with Crippen LogP contribution in [0.15, 0.2) is 36.5 Å². The molecule has 1 aromatic heterocycles. The number of nitrogens with one attached hydrogen (secondary N) is 1. The molecular weight excluding hydrogens is 287 g/mol. The molecule has 0 aliphatic rings. The number of halogens is 2. The molecule has 1 heterocycles. The third-order valence-electron chi connectivity index (χ3n) is 2.43. The van der Waals surface area contributed by atoms with E-state index < -0.39 is 17.7 Å². The van der Waals surface area contributed by atoms with Gasteiger partial charge >= 0.3 is 5.97 Å². The maximum Gasteiger partial charge on any atom is 0.338 e. The van der Waals surface area contributed by atoms with E-state index in [0.717, 1.165) is 6.07 Å². The summed E-state index contributed by atoms with van der Waals surface area (Å²) in [7, 11) is 0. The highest BCUT2D eigenvalue weighted by molar-refractivity contribution is 6.30. The molecule has 2 aromatic rings. The van der Waals surface area contributed by atoms with Gasteiger partial charge in [-0.15, -0.1) is 0 Å². The Morgan fingerprint density at radius 1 is 1.30 bits per heavy atom. The van der Waals surface area contributed by atoms with Crippen LogP contribution < -0.4 is 5.32 Å². The first-order valence-electron chi connectivity index (χ1n) is 5.44. The van der Waals surface area contributed by atoms with E-state index in [2.05, 4.69) is 10.3 Å². The van der Waals surface area contributed by atoms with Gasteiger partial charge in [0.05, 0.1) is 11.3 Å². The Kier molecular flexibility index (Phi) is 3.95. The van der Waals surface area contributed by atoms with Crippen molar-refractivity contribution in [1.82, 2.24) is 4.98 Å². The third-order valence-corrected chi connectivity index (χ3v) is 2.67. The summed E-state index contributed by atoms with van der Waals surface area (Å²) in [5, 5.41) is 11.4. The summed E-state index contributed by atoms with van der Waals surface area (Å²) >= 11 is 5.59. The zero-order valence-electron chi connectivity index (χ0n) is 9.93. The van der Waals surface area contributed by atoms with Gasteiger partial charge in [0.1, 0.15) is 11.5 Å². The number of anilines is 1. The summed E-state index contributed by atoms with van der Waals surface area (Å²) in [5.41, 5.74) is -0.671. The SMILES string of the molecule is O=C(O)c1cccnc1C(=O)Nc1ccc(Cl)cc1F. The van der Waals surface area contributed by atoms with Crippen LogP contribution in [-0.2, 0) is 0 Å². The van der Waals surface area contributed by atoms with Crippen LogP contribution in [0.4, 0.5) is 10.1 Å². The van der Waals surface area contributed by atoms with Crippen molar-refractivity contribution in [2.75, 3.05) is 5.32 Å². The molecule has 0 saturated heterocycles. The molecule has 0 fully saturated rings. The lowest BCUT2D eigenvalue weighted by molar-refractivity contribution is 0.0691. The number of carboxylic acids is 1. The molecule has 0 aliphatic heterocycles. The van der Waals surface area contributed by atoms with E-state index >= 15 is 0 Å². The Bertz CT molecular complexity index is 691. The second-order valence-corrected chi connectivity index (χ2v) is 4.22.